The Morgan fingerprint density at radius 3 is 2.53 bits per heavy atom. The third-order valence-electron chi connectivity index (χ3n) is 2.30. The van der Waals surface area contributed by atoms with Gasteiger partial charge in [0.25, 0.3) is 0 Å². The van der Waals surface area contributed by atoms with Crippen molar-refractivity contribution in [1.82, 2.24) is 5.32 Å². The maximum atomic E-state index is 11.7. The molecule has 94 valence electrons. The molecule has 1 aromatic rings. The largest absolute Gasteiger partial charge is 0.465 e. The fourth-order valence-electron chi connectivity index (χ4n) is 1.59. The van der Waals surface area contributed by atoms with Crippen LogP contribution >= 0.6 is 0 Å². The lowest BCUT2D eigenvalue weighted by atomic mass is 10.1. The molecule has 0 saturated carbocycles. The fraction of sp³-hybridized carbons (Fsp3) is 0.455. The van der Waals surface area contributed by atoms with Crippen LogP contribution in [0.25, 0.3) is 0 Å². The van der Waals surface area contributed by atoms with E-state index in [1.807, 2.05) is 0 Å². The van der Waals surface area contributed by atoms with E-state index in [0.717, 1.165) is 0 Å². The Morgan fingerprint density at radius 1 is 1.35 bits per heavy atom. The standard InChI is InChI=1S/C11H16N2O4/c1-4-16-10(14)9-7(3)17-6(2)8(9)5-13-11(12)15/h4-5H2,1-3H3,(H3,12,13,15). The minimum Gasteiger partial charge on any atom is -0.465 e. The molecule has 0 aliphatic heterocycles. The molecule has 0 aliphatic rings. The molecule has 0 fully saturated rings. The molecule has 0 spiro atoms. The molecule has 6 heteroatoms. The van der Waals surface area contributed by atoms with Crippen LogP contribution in [-0.2, 0) is 11.3 Å². The van der Waals surface area contributed by atoms with E-state index in [1.54, 1.807) is 20.8 Å². The van der Waals surface area contributed by atoms with Gasteiger partial charge in [-0.2, -0.15) is 0 Å². The summed E-state index contributed by atoms with van der Waals surface area (Å²) in [6.45, 7) is 5.54. The van der Waals surface area contributed by atoms with Crippen LogP contribution in [0.1, 0.15) is 34.4 Å². The lowest BCUT2D eigenvalue weighted by Crippen LogP contribution is -2.29. The summed E-state index contributed by atoms with van der Waals surface area (Å²) in [6.07, 6.45) is 0. The number of rotatable bonds is 4. The summed E-state index contributed by atoms with van der Waals surface area (Å²) in [5, 5.41) is 2.42. The van der Waals surface area contributed by atoms with E-state index in [9.17, 15) is 9.59 Å². The molecule has 17 heavy (non-hydrogen) atoms. The number of furan rings is 1. The van der Waals surface area contributed by atoms with E-state index in [0.29, 0.717) is 22.6 Å². The summed E-state index contributed by atoms with van der Waals surface area (Å²) in [7, 11) is 0. The van der Waals surface area contributed by atoms with Crippen LogP contribution in [0.5, 0.6) is 0 Å². The van der Waals surface area contributed by atoms with Crippen molar-refractivity contribution in [3.05, 3.63) is 22.6 Å². The molecule has 1 rings (SSSR count). The Labute approximate surface area is 99.1 Å². The van der Waals surface area contributed by atoms with Crippen molar-refractivity contribution in [3.8, 4) is 0 Å². The number of primary amides is 1. The summed E-state index contributed by atoms with van der Waals surface area (Å²) in [5.74, 6) is 0.588. The number of hydrogen-bond donors (Lipinski definition) is 2. The van der Waals surface area contributed by atoms with Crippen molar-refractivity contribution in [2.45, 2.75) is 27.3 Å². The summed E-state index contributed by atoms with van der Waals surface area (Å²) >= 11 is 0. The highest BCUT2D eigenvalue weighted by molar-refractivity contribution is 5.92. The van der Waals surface area contributed by atoms with E-state index in [4.69, 9.17) is 14.9 Å². The minimum atomic E-state index is -0.655. The average molecular weight is 240 g/mol. The van der Waals surface area contributed by atoms with E-state index >= 15 is 0 Å². The van der Waals surface area contributed by atoms with Crippen molar-refractivity contribution in [3.63, 3.8) is 0 Å². The number of ether oxygens (including phenoxy) is 1. The second-order valence-corrected chi connectivity index (χ2v) is 3.51. The zero-order chi connectivity index (χ0) is 13.0. The topological polar surface area (TPSA) is 94.6 Å². The molecule has 1 aromatic heterocycles. The van der Waals surface area contributed by atoms with Crippen molar-refractivity contribution < 1.29 is 18.7 Å². The van der Waals surface area contributed by atoms with Crippen LogP contribution in [0.4, 0.5) is 4.79 Å². The highest BCUT2D eigenvalue weighted by Gasteiger charge is 2.22. The first-order valence-corrected chi connectivity index (χ1v) is 5.26. The molecular formula is C11H16N2O4. The van der Waals surface area contributed by atoms with Crippen LogP contribution in [0.3, 0.4) is 0 Å². The molecule has 3 N–H and O–H groups in total. The fourth-order valence-corrected chi connectivity index (χ4v) is 1.59. The zero-order valence-electron chi connectivity index (χ0n) is 10.1. The second kappa shape index (κ2) is 5.38. The SMILES string of the molecule is CCOC(=O)c1c(C)oc(C)c1CNC(N)=O. The molecule has 0 bridgehead atoms. The molecule has 0 saturated heterocycles. The molecule has 1 heterocycles. The average Bonchev–Trinajstić information content (AvgIpc) is 2.50. The third-order valence-corrected chi connectivity index (χ3v) is 2.30. The van der Waals surface area contributed by atoms with Gasteiger partial charge in [-0.15, -0.1) is 0 Å². The Bertz CT molecular complexity index is 437. The third kappa shape index (κ3) is 2.99. The first-order valence-electron chi connectivity index (χ1n) is 5.26. The maximum absolute atomic E-state index is 11.7. The molecule has 2 amide bonds. The normalized spacial score (nSPS) is 10.1. The van der Waals surface area contributed by atoms with Gasteiger partial charge in [-0.3, -0.25) is 0 Å². The lowest BCUT2D eigenvalue weighted by molar-refractivity contribution is 0.0523. The van der Waals surface area contributed by atoms with Gasteiger partial charge in [-0.25, -0.2) is 9.59 Å². The molecule has 0 radical (unpaired) electrons. The van der Waals surface area contributed by atoms with E-state index in [-0.39, 0.29) is 13.2 Å². The number of carbonyl (C=O) groups is 2. The highest BCUT2D eigenvalue weighted by atomic mass is 16.5. The summed E-state index contributed by atoms with van der Waals surface area (Å²) in [4.78, 5) is 22.4. The highest BCUT2D eigenvalue weighted by Crippen LogP contribution is 2.22. The number of amides is 2. The van der Waals surface area contributed by atoms with Crippen LogP contribution in [0.15, 0.2) is 4.42 Å². The smallest absolute Gasteiger partial charge is 0.342 e. The maximum Gasteiger partial charge on any atom is 0.342 e. The monoisotopic (exact) mass is 240 g/mol. The summed E-state index contributed by atoms with van der Waals surface area (Å²) in [5.41, 5.74) is 5.94. The number of nitrogens with one attached hydrogen (secondary N) is 1. The summed E-state index contributed by atoms with van der Waals surface area (Å²) in [6, 6.07) is -0.655. The van der Waals surface area contributed by atoms with Gasteiger partial charge in [0.2, 0.25) is 0 Å². The molecule has 0 aromatic carbocycles. The Kier molecular flexibility index (Phi) is 4.14. The van der Waals surface area contributed by atoms with E-state index in [1.165, 1.54) is 0 Å². The minimum absolute atomic E-state index is 0.145. The van der Waals surface area contributed by atoms with Gasteiger partial charge in [0.15, 0.2) is 0 Å². The van der Waals surface area contributed by atoms with Gasteiger partial charge in [0.1, 0.15) is 17.1 Å². The molecule has 6 nitrogen and oxygen atoms in total. The van der Waals surface area contributed by atoms with E-state index in [2.05, 4.69) is 5.32 Å². The van der Waals surface area contributed by atoms with Crippen molar-refractivity contribution in [2.75, 3.05) is 6.61 Å². The van der Waals surface area contributed by atoms with Crippen LogP contribution in [-0.4, -0.2) is 18.6 Å². The number of nitrogens with two attached hydrogens (primary N) is 1. The van der Waals surface area contributed by atoms with Gasteiger partial charge >= 0.3 is 12.0 Å². The molecular weight excluding hydrogens is 224 g/mol. The van der Waals surface area contributed by atoms with Crippen LogP contribution < -0.4 is 11.1 Å². The predicted octanol–water partition coefficient (Wildman–Crippen LogP) is 1.24. The van der Waals surface area contributed by atoms with Crippen molar-refractivity contribution in [2.24, 2.45) is 5.73 Å². The lowest BCUT2D eigenvalue weighted by Gasteiger charge is -2.05. The number of esters is 1. The molecule has 0 atom stereocenters. The predicted molar refractivity (Wildman–Crippen MR) is 60.6 cm³/mol. The Hall–Kier alpha value is -1.98. The summed E-state index contributed by atoms with van der Waals surface area (Å²) < 4.78 is 10.3. The Morgan fingerprint density at radius 2 is 2.00 bits per heavy atom. The van der Waals surface area contributed by atoms with Gasteiger partial charge in [-0.1, -0.05) is 0 Å². The van der Waals surface area contributed by atoms with Crippen LogP contribution in [0, 0.1) is 13.8 Å². The van der Waals surface area contributed by atoms with Gasteiger partial charge in [-0.05, 0) is 20.8 Å². The Balaban J connectivity index is 3.01. The van der Waals surface area contributed by atoms with Crippen molar-refractivity contribution >= 4 is 12.0 Å². The number of hydrogen-bond acceptors (Lipinski definition) is 4. The first-order chi connectivity index (χ1) is 7.97. The van der Waals surface area contributed by atoms with Gasteiger partial charge in [0, 0.05) is 12.1 Å². The zero-order valence-corrected chi connectivity index (χ0v) is 10.1. The van der Waals surface area contributed by atoms with Gasteiger partial charge < -0.3 is 20.2 Å². The molecule has 0 aliphatic carbocycles. The number of urea groups is 1. The quantitative estimate of drug-likeness (QED) is 0.774. The van der Waals surface area contributed by atoms with Crippen molar-refractivity contribution in [1.29, 1.82) is 0 Å². The number of carbonyl (C=O) groups excluding carboxylic acids is 2. The number of aryl methyl sites for hydroxylation is 2. The second-order valence-electron chi connectivity index (χ2n) is 3.51. The molecule has 0 unspecified atom stereocenters. The van der Waals surface area contributed by atoms with Crippen LogP contribution in [0.2, 0.25) is 0 Å². The first kappa shape index (κ1) is 13.1. The van der Waals surface area contributed by atoms with E-state index < -0.39 is 12.0 Å². The van der Waals surface area contributed by atoms with Gasteiger partial charge in [0.05, 0.1) is 6.61 Å².